The number of carboxylic acids is 1. The maximum atomic E-state index is 14.1. The molecule has 0 saturated heterocycles. The van der Waals surface area contributed by atoms with E-state index in [1.807, 2.05) is 46.8 Å². The molecule has 0 radical (unpaired) electrons. The predicted molar refractivity (Wildman–Crippen MR) is 160 cm³/mol. The monoisotopic (exact) mass is 611 g/mol. The van der Waals surface area contributed by atoms with Crippen LogP contribution in [0.1, 0.15) is 20.8 Å². The van der Waals surface area contributed by atoms with E-state index in [1.54, 1.807) is 51.4 Å². The zero-order valence-corrected chi connectivity index (χ0v) is 25.0. The largest absolute Gasteiger partial charge is 0.480 e. The molecular formula is C29H27Cl2N5O4S. The Morgan fingerprint density at radius 3 is 2.27 bits per heavy atom. The third-order valence-electron chi connectivity index (χ3n) is 6.68. The second-order valence-electron chi connectivity index (χ2n) is 10.7. The molecule has 1 atom stereocenters. The third-order valence-corrected chi connectivity index (χ3v) is 8.89. The van der Waals surface area contributed by atoms with Gasteiger partial charge in [0.2, 0.25) is 0 Å². The van der Waals surface area contributed by atoms with E-state index >= 15 is 0 Å². The van der Waals surface area contributed by atoms with E-state index in [2.05, 4.69) is 9.97 Å². The van der Waals surface area contributed by atoms with Crippen LogP contribution in [0.15, 0.2) is 84.3 Å². The van der Waals surface area contributed by atoms with Gasteiger partial charge in [0.15, 0.2) is 0 Å². The molecule has 1 unspecified atom stereocenters. The second-order valence-corrected chi connectivity index (χ2v) is 13.4. The summed E-state index contributed by atoms with van der Waals surface area (Å²) in [4.78, 5) is 21.3. The van der Waals surface area contributed by atoms with E-state index in [0.717, 1.165) is 21.2 Å². The zero-order valence-electron chi connectivity index (χ0n) is 22.7. The average Bonchev–Trinajstić information content (AvgIpc) is 3.51. The summed E-state index contributed by atoms with van der Waals surface area (Å²) >= 11 is 12.3. The van der Waals surface area contributed by atoms with Crippen LogP contribution in [0.4, 0.5) is 5.69 Å². The number of pyridine rings is 1. The Bertz CT molecular complexity index is 1870. The van der Waals surface area contributed by atoms with Gasteiger partial charge in [0.1, 0.15) is 17.7 Å². The lowest BCUT2D eigenvalue weighted by atomic mass is 9.86. The number of carboxylic acid groups (broad SMARTS) is 1. The van der Waals surface area contributed by atoms with Crippen molar-refractivity contribution in [3.05, 3.63) is 89.4 Å². The van der Waals surface area contributed by atoms with Gasteiger partial charge in [0.05, 0.1) is 16.1 Å². The van der Waals surface area contributed by atoms with Gasteiger partial charge >= 0.3 is 5.97 Å². The summed E-state index contributed by atoms with van der Waals surface area (Å²) in [6, 6.07) is 13.1. The number of rotatable bonds is 7. The van der Waals surface area contributed by atoms with Crippen molar-refractivity contribution in [1.82, 2.24) is 19.1 Å². The van der Waals surface area contributed by atoms with Crippen LogP contribution in [0.2, 0.25) is 10.0 Å². The second kappa shape index (κ2) is 10.5. The molecule has 12 heteroatoms. The summed E-state index contributed by atoms with van der Waals surface area (Å²) in [6.07, 6.45) is 7.11. The molecule has 212 valence electrons. The maximum Gasteiger partial charge on any atom is 0.328 e. The lowest BCUT2D eigenvalue weighted by Crippen LogP contribution is -2.52. The summed E-state index contributed by atoms with van der Waals surface area (Å²) in [5.41, 5.74) is 0.845. The van der Waals surface area contributed by atoms with Gasteiger partial charge in [-0.2, -0.15) is 0 Å². The van der Waals surface area contributed by atoms with Crippen LogP contribution >= 0.6 is 23.2 Å². The number of imidazole rings is 1. The Morgan fingerprint density at radius 1 is 0.951 bits per heavy atom. The Hall–Kier alpha value is -3.86. The molecule has 0 aliphatic heterocycles. The highest BCUT2D eigenvalue weighted by Gasteiger charge is 2.43. The van der Waals surface area contributed by atoms with Crippen LogP contribution in [0, 0.1) is 5.41 Å². The minimum atomic E-state index is -4.42. The number of aromatic nitrogens is 4. The van der Waals surface area contributed by atoms with Crippen molar-refractivity contribution >= 4 is 55.8 Å². The zero-order chi connectivity index (χ0) is 29.7. The van der Waals surface area contributed by atoms with Crippen LogP contribution in [0.3, 0.4) is 0 Å². The van der Waals surface area contributed by atoms with E-state index in [0.29, 0.717) is 11.2 Å². The first-order chi connectivity index (χ1) is 19.3. The number of hydrogen-bond donors (Lipinski definition) is 1. The normalized spacial score (nSPS) is 12.9. The Labute approximate surface area is 247 Å². The van der Waals surface area contributed by atoms with Crippen LogP contribution < -0.4 is 4.31 Å². The van der Waals surface area contributed by atoms with Crippen molar-refractivity contribution in [2.24, 2.45) is 12.5 Å². The average molecular weight is 613 g/mol. The van der Waals surface area contributed by atoms with E-state index in [-0.39, 0.29) is 20.6 Å². The predicted octanol–water partition coefficient (Wildman–Crippen LogP) is 6.43. The number of hydrogen-bond acceptors (Lipinski definition) is 5. The van der Waals surface area contributed by atoms with Crippen molar-refractivity contribution in [1.29, 1.82) is 0 Å². The summed E-state index contributed by atoms with van der Waals surface area (Å²) in [5, 5.41) is 11.2. The number of benzene rings is 2. The fraction of sp³-hybridized carbons (Fsp3) is 0.207. The van der Waals surface area contributed by atoms with Crippen molar-refractivity contribution in [3.8, 4) is 17.2 Å². The molecule has 0 spiro atoms. The smallest absolute Gasteiger partial charge is 0.328 e. The van der Waals surface area contributed by atoms with Gasteiger partial charge in [-0.1, -0.05) is 44.0 Å². The quantitative estimate of drug-likeness (QED) is 0.227. The number of nitrogens with zero attached hydrogens (tertiary/aromatic N) is 5. The van der Waals surface area contributed by atoms with Gasteiger partial charge in [-0.3, -0.25) is 4.31 Å². The van der Waals surface area contributed by atoms with Crippen molar-refractivity contribution in [2.45, 2.75) is 31.7 Å². The highest BCUT2D eigenvalue weighted by Crippen LogP contribution is 2.37. The summed E-state index contributed by atoms with van der Waals surface area (Å²) in [5.74, 6) is 0.142. The lowest BCUT2D eigenvalue weighted by molar-refractivity contribution is -0.140. The number of sulfonamides is 1. The Kier molecular flexibility index (Phi) is 7.35. The standard InChI is InChI=1S/C29H27Cl2N5O4S/c1-29(2,3)26(28(37)38)36(41(39,40)23-16-20(30)15-21(31)17-23)22-5-6-24-18(13-22)8-11-35(24)25-14-19(7-9-32-25)27-33-10-12-34(27)4/h5-17,26H,1-4H3,(H,37,38). The highest BCUT2D eigenvalue weighted by molar-refractivity contribution is 7.93. The van der Waals surface area contributed by atoms with Crippen LogP contribution in [-0.4, -0.2) is 44.6 Å². The van der Waals surface area contributed by atoms with Crippen molar-refractivity contribution in [3.63, 3.8) is 0 Å². The molecule has 41 heavy (non-hydrogen) atoms. The minimum absolute atomic E-state index is 0.117. The van der Waals surface area contributed by atoms with Gasteiger partial charge < -0.3 is 14.2 Å². The molecule has 3 heterocycles. The molecule has 9 nitrogen and oxygen atoms in total. The number of aliphatic carboxylic acids is 1. The van der Waals surface area contributed by atoms with Crippen LogP contribution in [0.5, 0.6) is 0 Å². The molecule has 0 fully saturated rings. The minimum Gasteiger partial charge on any atom is -0.480 e. The van der Waals surface area contributed by atoms with E-state index in [9.17, 15) is 18.3 Å². The van der Waals surface area contributed by atoms with Crippen molar-refractivity contribution < 1.29 is 18.3 Å². The number of anilines is 1. The van der Waals surface area contributed by atoms with Gasteiger partial charge in [0.25, 0.3) is 10.0 Å². The van der Waals surface area contributed by atoms with E-state index < -0.39 is 27.4 Å². The molecule has 3 aromatic heterocycles. The number of halogens is 2. The summed E-state index contributed by atoms with van der Waals surface area (Å²) < 4.78 is 32.9. The summed E-state index contributed by atoms with van der Waals surface area (Å²) in [6.45, 7) is 5.03. The lowest BCUT2D eigenvalue weighted by Gasteiger charge is -2.37. The number of aryl methyl sites for hydroxylation is 1. The molecular weight excluding hydrogens is 585 g/mol. The third kappa shape index (κ3) is 5.42. The first-order valence-electron chi connectivity index (χ1n) is 12.6. The highest BCUT2D eigenvalue weighted by atomic mass is 35.5. The summed E-state index contributed by atoms with van der Waals surface area (Å²) in [7, 11) is -2.51. The van der Waals surface area contributed by atoms with Gasteiger partial charge in [-0.25, -0.2) is 23.2 Å². The van der Waals surface area contributed by atoms with Crippen molar-refractivity contribution in [2.75, 3.05) is 4.31 Å². The molecule has 0 aliphatic rings. The Balaban J connectivity index is 1.66. The fourth-order valence-electron chi connectivity index (χ4n) is 4.84. The SMILES string of the molecule is Cn1ccnc1-c1ccnc(-n2ccc3cc(N(C(C(=O)O)C(C)(C)C)S(=O)(=O)c4cc(Cl)cc(Cl)c4)ccc32)c1. The van der Waals surface area contributed by atoms with E-state index in [4.69, 9.17) is 23.2 Å². The Morgan fingerprint density at radius 2 is 1.66 bits per heavy atom. The molecule has 2 aromatic carbocycles. The van der Waals surface area contributed by atoms with E-state index in [1.165, 1.54) is 18.2 Å². The van der Waals surface area contributed by atoms with Gasteiger partial charge in [0, 0.05) is 52.8 Å². The maximum absolute atomic E-state index is 14.1. The fourth-order valence-corrected chi connectivity index (χ4v) is 7.35. The molecule has 5 rings (SSSR count). The molecule has 0 saturated carbocycles. The first kappa shape index (κ1) is 28.7. The number of carbonyl (C=O) groups is 1. The van der Waals surface area contributed by atoms with Crippen LogP contribution in [-0.2, 0) is 21.9 Å². The first-order valence-corrected chi connectivity index (χ1v) is 14.8. The molecule has 0 aliphatic carbocycles. The molecule has 5 aromatic rings. The van der Waals surface area contributed by atoms with Gasteiger partial charge in [-0.15, -0.1) is 0 Å². The topological polar surface area (TPSA) is 110 Å². The molecule has 1 N–H and O–H groups in total. The van der Waals surface area contributed by atoms with Gasteiger partial charge in [-0.05, 0) is 60.0 Å². The molecule has 0 amide bonds. The number of fused-ring (bicyclic) bond motifs is 1. The van der Waals surface area contributed by atoms with Crippen LogP contribution in [0.25, 0.3) is 28.1 Å². The molecule has 0 bridgehead atoms.